The van der Waals surface area contributed by atoms with Crippen LogP contribution in [0.15, 0.2) is 59.3 Å². The molecule has 0 aliphatic carbocycles. The van der Waals surface area contributed by atoms with Crippen molar-refractivity contribution in [1.29, 1.82) is 0 Å². The van der Waals surface area contributed by atoms with E-state index in [1.54, 1.807) is 0 Å². The van der Waals surface area contributed by atoms with Crippen molar-refractivity contribution in [2.24, 2.45) is 0 Å². The highest BCUT2D eigenvalue weighted by Gasteiger charge is 2.22. The lowest BCUT2D eigenvalue weighted by molar-refractivity contribution is 0.310. The number of hydrogen-bond acceptors (Lipinski definition) is 4. The molecule has 5 nitrogen and oxygen atoms in total. The Kier molecular flexibility index (Phi) is 4.45. The highest BCUT2D eigenvalue weighted by Crippen LogP contribution is 2.28. The average Bonchev–Trinajstić information content (AvgIpc) is 3.44. The first kappa shape index (κ1) is 17.2. The maximum atomic E-state index is 5.56. The van der Waals surface area contributed by atoms with Gasteiger partial charge in [0.1, 0.15) is 0 Å². The van der Waals surface area contributed by atoms with Crippen molar-refractivity contribution in [3.05, 3.63) is 71.7 Å². The molecule has 142 valence electrons. The van der Waals surface area contributed by atoms with Gasteiger partial charge >= 0.3 is 0 Å². The second-order valence-electron chi connectivity index (χ2n) is 7.73. The second-order valence-corrected chi connectivity index (χ2v) is 7.73. The molecule has 0 unspecified atom stereocenters. The molecular weight excluding hydrogens is 348 g/mol. The predicted molar refractivity (Wildman–Crippen MR) is 110 cm³/mol. The minimum Gasteiger partial charge on any atom is -0.361 e. The van der Waals surface area contributed by atoms with Crippen LogP contribution in [0.5, 0.6) is 0 Å². The molecule has 1 atom stereocenters. The number of benzene rings is 2. The van der Waals surface area contributed by atoms with Crippen molar-refractivity contribution in [2.45, 2.75) is 31.7 Å². The van der Waals surface area contributed by atoms with Crippen LogP contribution in [0.1, 0.15) is 29.8 Å². The first-order valence-electron chi connectivity index (χ1n) is 9.93. The molecule has 1 fully saturated rings. The fraction of sp³-hybridized carbons (Fsp3) is 0.304. The summed E-state index contributed by atoms with van der Waals surface area (Å²) in [5.74, 6) is 1.29. The Hall–Kier alpha value is -2.92. The van der Waals surface area contributed by atoms with Gasteiger partial charge in [0.15, 0.2) is 5.82 Å². The van der Waals surface area contributed by atoms with Crippen LogP contribution >= 0.6 is 0 Å². The van der Waals surface area contributed by atoms with E-state index in [0.717, 1.165) is 17.5 Å². The SMILES string of the molecule is CN1CCC[C@@H]1Cc1c[nH]c2ccc(-c3nc(Cc4ccccc4)no3)cc12. The van der Waals surface area contributed by atoms with E-state index < -0.39 is 0 Å². The molecule has 2 aromatic heterocycles. The third-order valence-corrected chi connectivity index (χ3v) is 5.81. The van der Waals surface area contributed by atoms with E-state index in [4.69, 9.17) is 4.52 Å². The van der Waals surface area contributed by atoms with Crippen molar-refractivity contribution in [2.75, 3.05) is 13.6 Å². The number of likely N-dealkylation sites (tertiary alicyclic amines) is 1. The Morgan fingerprint density at radius 3 is 2.89 bits per heavy atom. The van der Waals surface area contributed by atoms with E-state index in [2.05, 4.69) is 57.5 Å². The number of fused-ring (bicyclic) bond motifs is 1. The number of H-pyrrole nitrogens is 1. The molecule has 0 bridgehead atoms. The molecule has 0 spiro atoms. The summed E-state index contributed by atoms with van der Waals surface area (Å²) >= 11 is 0. The average molecular weight is 372 g/mol. The topological polar surface area (TPSA) is 58.0 Å². The van der Waals surface area contributed by atoms with Crippen LogP contribution in [0.3, 0.4) is 0 Å². The van der Waals surface area contributed by atoms with Crippen molar-refractivity contribution in [1.82, 2.24) is 20.0 Å². The first-order chi connectivity index (χ1) is 13.8. The summed E-state index contributed by atoms with van der Waals surface area (Å²) in [6.45, 7) is 1.20. The van der Waals surface area contributed by atoms with E-state index in [9.17, 15) is 0 Å². The van der Waals surface area contributed by atoms with Gasteiger partial charge in [0, 0.05) is 35.1 Å². The molecule has 1 aliphatic heterocycles. The molecular formula is C23H24N4O. The first-order valence-corrected chi connectivity index (χ1v) is 9.93. The third kappa shape index (κ3) is 3.34. The van der Waals surface area contributed by atoms with E-state index in [1.807, 2.05) is 24.3 Å². The molecule has 4 aromatic rings. The normalized spacial score (nSPS) is 17.5. The van der Waals surface area contributed by atoms with Crippen LogP contribution in [-0.2, 0) is 12.8 Å². The summed E-state index contributed by atoms with van der Waals surface area (Å²) in [7, 11) is 2.23. The number of nitrogens with one attached hydrogen (secondary N) is 1. The quantitative estimate of drug-likeness (QED) is 0.562. The molecule has 0 amide bonds. The molecule has 1 aliphatic rings. The summed E-state index contributed by atoms with van der Waals surface area (Å²) in [5, 5.41) is 5.42. The lowest BCUT2D eigenvalue weighted by Crippen LogP contribution is -2.26. The molecule has 1 saturated heterocycles. The van der Waals surface area contributed by atoms with Crippen LogP contribution in [-0.4, -0.2) is 39.7 Å². The van der Waals surface area contributed by atoms with Crippen LogP contribution in [0.4, 0.5) is 0 Å². The fourth-order valence-corrected chi connectivity index (χ4v) is 4.19. The van der Waals surface area contributed by atoms with Crippen LogP contribution in [0, 0.1) is 0 Å². The van der Waals surface area contributed by atoms with E-state index in [-0.39, 0.29) is 0 Å². The second kappa shape index (κ2) is 7.24. The Labute approximate surface area is 164 Å². The van der Waals surface area contributed by atoms with E-state index in [0.29, 0.717) is 24.2 Å². The van der Waals surface area contributed by atoms with Crippen molar-refractivity contribution in [3.8, 4) is 11.5 Å². The maximum absolute atomic E-state index is 5.56. The van der Waals surface area contributed by atoms with E-state index in [1.165, 1.54) is 35.9 Å². The summed E-state index contributed by atoms with van der Waals surface area (Å²) < 4.78 is 5.56. The van der Waals surface area contributed by atoms with Crippen molar-refractivity contribution < 1.29 is 4.52 Å². The maximum Gasteiger partial charge on any atom is 0.257 e. The molecule has 0 radical (unpaired) electrons. The largest absolute Gasteiger partial charge is 0.361 e. The highest BCUT2D eigenvalue weighted by atomic mass is 16.5. The molecule has 2 aromatic carbocycles. The zero-order valence-corrected chi connectivity index (χ0v) is 16.1. The van der Waals surface area contributed by atoms with Crippen LogP contribution in [0.2, 0.25) is 0 Å². The number of hydrogen-bond donors (Lipinski definition) is 1. The summed E-state index contributed by atoms with van der Waals surface area (Å²) in [4.78, 5) is 10.5. The minimum atomic E-state index is 0.581. The van der Waals surface area contributed by atoms with Gasteiger partial charge in [-0.15, -0.1) is 0 Å². The molecule has 0 saturated carbocycles. The number of likely N-dealkylation sites (N-methyl/N-ethyl adjacent to an activating group) is 1. The molecule has 5 rings (SSSR count). The summed E-state index contributed by atoms with van der Waals surface area (Å²) in [5.41, 5.74) is 4.67. The van der Waals surface area contributed by atoms with Gasteiger partial charge in [-0.3, -0.25) is 0 Å². The van der Waals surface area contributed by atoms with Crippen LogP contribution < -0.4 is 0 Å². The fourth-order valence-electron chi connectivity index (χ4n) is 4.19. The monoisotopic (exact) mass is 372 g/mol. The predicted octanol–water partition coefficient (Wildman–Crippen LogP) is 4.45. The van der Waals surface area contributed by atoms with Gasteiger partial charge in [-0.05, 0) is 62.2 Å². The zero-order chi connectivity index (χ0) is 18.9. The van der Waals surface area contributed by atoms with Crippen molar-refractivity contribution >= 4 is 10.9 Å². The summed E-state index contributed by atoms with van der Waals surface area (Å²) in [6, 6.07) is 17.2. The van der Waals surface area contributed by atoms with Gasteiger partial charge in [0.25, 0.3) is 5.89 Å². The number of aromatic nitrogens is 3. The van der Waals surface area contributed by atoms with Gasteiger partial charge in [-0.25, -0.2) is 0 Å². The zero-order valence-electron chi connectivity index (χ0n) is 16.1. The molecule has 1 N–H and O–H groups in total. The standard InChI is InChI=1S/C23H24N4O/c1-27-11-5-8-19(27)13-18-15-24-21-10-9-17(14-20(18)21)23-25-22(26-28-23)12-16-6-3-2-4-7-16/h2-4,6-7,9-10,14-15,19,24H,5,8,11-13H2,1H3/t19-/m1/s1. The van der Waals surface area contributed by atoms with Gasteiger partial charge in [-0.1, -0.05) is 35.5 Å². The summed E-state index contributed by atoms with van der Waals surface area (Å²) in [6.07, 6.45) is 6.46. The lowest BCUT2D eigenvalue weighted by atomic mass is 10.0. The number of rotatable bonds is 5. The number of nitrogens with zero attached hydrogens (tertiary/aromatic N) is 3. The third-order valence-electron chi connectivity index (χ3n) is 5.81. The molecule has 5 heteroatoms. The van der Waals surface area contributed by atoms with Gasteiger partial charge in [0.05, 0.1) is 0 Å². The minimum absolute atomic E-state index is 0.581. The Morgan fingerprint density at radius 1 is 1.18 bits per heavy atom. The van der Waals surface area contributed by atoms with Crippen LogP contribution in [0.25, 0.3) is 22.4 Å². The molecule has 3 heterocycles. The Morgan fingerprint density at radius 2 is 2.07 bits per heavy atom. The molecule has 28 heavy (non-hydrogen) atoms. The number of aromatic amines is 1. The van der Waals surface area contributed by atoms with Crippen molar-refractivity contribution in [3.63, 3.8) is 0 Å². The highest BCUT2D eigenvalue weighted by molar-refractivity contribution is 5.87. The van der Waals surface area contributed by atoms with Gasteiger partial charge in [-0.2, -0.15) is 4.98 Å². The smallest absolute Gasteiger partial charge is 0.257 e. The van der Waals surface area contributed by atoms with E-state index >= 15 is 0 Å². The Bertz CT molecular complexity index is 1080. The lowest BCUT2D eigenvalue weighted by Gasteiger charge is -2.18. The Balaban J connectivity index is 1.41. The van der Waals surface area contributed by atoms with Gasteiger partial charge in [0.2, 0.25) is 0 Å². The van der Waals surface area contributed by atoms with Gasteiger partial charge < -0.3 is 14.4 Å².